The summed E-state index contributed by atoms with van der Waals surface area (Å²) in [7, 11) is 0. The van der Waals surface area contributed by atoms with E-state index in [0.717, 1.165) is 55.4 Å². The Morgan fingerprint density at radius 2 is 1.00 bits per heavy atom. The van der Waals surface area contributed by atoms with Crippen molar-refractivity contribution in [2.45, 2.75) is 5.41 Å². The molecule has 0 radical (unpaired) electrons. The first-order chi connectivity index (χ1) is 35.2. The zero-order valence-corrected chi connectivity index (χ0v) is 38.8. The number of fused-ring (bicyclic) bond motifs is 13. The quantitative estimate of drug-likeness (QED) is 0.141. The van der Waals surface area contributed by atoms with Crippen molar-refractivity contribution < 1.29 is 4.42 Å². The third-order valence-corrected chi connectivity index (χ3v) is 14.9. The molecule has 2 heteroatoms. The summed E-state index contributed by atoms with van der Waals surface area (Å²) in [6, 6.07) is 88.2. The van der Waals surface area contributed by atoms with Crippen molar-refractivity contribution in [3.63, 3.8) is 0 Å². The van der Waals surface area contributed by atoms with E-state index in [2.05, 4.69) is 278 Å². The van der Waals surface area contributed by atoms with E-state index in [4.69, 9.17) is 4.42 Å². The van der Waals surface area contributed by atoms with Crippen molar-refractivity contribution in [1.82, 2.24) is 0 Å². The minimum Gasteiger partial charge on any atom is -0.455 e. The number of furan rings is 1. The second-order valence-corrected chi connectivity index (χ2v) is 18.8. The normalized spacial score (nSPS) is 13.4. The molecule has 332 valence electrons. The number of hydrogen-bond donors (Lipinski definition) is 0. The number of hydrogen-bond acceptors (Lipinski definition) is 2. The van der Waals surface area contributed by atoms with Crippen LogP contribution in [0.5, 0.6) is 0 Å². The Labute approximate surface area is 413 Å². The highest BCUT2D eigenvalue weighted by Gasteiger charge is 2.49. The second-order valence-electron chi connectivity index (χ2n) is 18.8. The van der Waals surface area contributed by atoms with E-state index in [9.17, 15) is 0 Å². The minimum absolute atomic E-state index is 0.399. The molecule has 2 nitrogen and oxygen atoms in total. The maximum atomic E-state index is 6.57. The van der Waals surface area contributed by atoms with Gasteiger partial charge in [0.15, 0.2) is 0 Å². The van der Waals surface area contributed by atoms with Crippen LogP contribution in [0.1, 0.15) is 22.3 Å². The smallest absolute Gasteiger partial charge is 0.143 e. The number of para-hydroxylation sites is 1. The second kappa shape index (κ2) is 16.5. The van der Waals surface area contributed by atoms with Crippen LogP contribution in [0.4, 0.5) is 11.4 Å². The van der Waals surface area contributed by atoms with Crippen LogP contribution >= 0.6 is 0 Å². The average Bonchev–Trinajstić information content (AvgIpc) is 4.10. The fourth-order valence-electron chi connectivity index (χ4n) is 11.7. The molecule has 1 aromatic heterocycles. The fraction of sp³-hybridized carbons (Fsp3) is 0.0145. The molecule has 0 N–H and O–H groups in total. The molecule has 0 saturated heterocycles. The predicted octanol–water partition coefficient (Wildman–Crippen LogP) is 18.5. The molecule has 0 aliphatic heterocycles. The summed E-state index contributed by atoms with van der Waals surface area (Å²) >= 11 is 0. The van der Waals surface area contributed by atoms with Gasteiger partial charge in [-0.15, -0.1) is 0 Å². The molecule has 0 atom stereocenters. The molecule has 2 aliphatic rings. The van der Waals surface area contributed by atoms with Gasteiger partial charge in [0, 0.05) is 33.6 Å². The Morgan fingerprint density at radius 1 is 0.380 bits per heavy atom. The van der Waals surface area contributed by atoms with Gasteiger partial charge in [0.25, 0.3) is 0 Å². The SMILES string of the molecule is C1=C(/C=C\C=C\N(c2ccc(-c3cccc(-c4ccc5ccccc5c4)c3)cc2)c2ccccc2-c2ccc3oc4c5ccccc5ccc4c3c2)C2(c3ccccc31)c1ccccc1-c1ccccc12. The van der Waals surface area contributed by atoms with E-state index in [-0.39, 0.29) is 0 Å². The third kappa shape index (κ3) is 6.57. The number of allylic oxidation sites excluding steroid dienone is 4. The first kappa shape index (κ1) is 40.8. The van der Waals surface area contributed by atoms with Crippen LogP contribution in [-0.2, 0) is 5.41 Å². The van der Waals surface area contributed by atoms with Crippen molar-refractivity contribution in [1.29, 1.82) is 0 Å². The van der Waals surface area contributed by atoms with E-state index in [1.54, 1.807) is 0 Å². The highest BCUT2D eigenvalue weighted by Crippen LogP contribution is 2.60. The number of nitrogens with zero attached hydrogens (tertiary/aromatic N) is 1. The van der Waals surface area contributed by atoms with Crippen LogP contribution in [0.2, 0.25) is 0 Å². The van der Waals surface area contributed by atoms with Gasteiger partial charge in [-0.1, -0.05) is 206 Å². The fourth-order valence-corrected chi connectivity index (χ4v) is 11.7. The molecule has 0 fully saturated rings. The van der Waals surface area contributed by atoms with E-state index >= 15 is 0 Å². The molecule has 0 amide bonds. The van der Waals surface area contributed by atoms with Crippen molar-refractivity contribution >= 4 is 60.9 Å². The number of anilines is 2. The Bertz CT molecular complexity index is 4140. The summed E-state index contributed by atoms with van der Waals surface area (Å²) in [6.45, 7) is 0. The van der Waals surface area contributed by atoms with Crippen LogP contribution < -0.4 is 4.90 Å². The van der Waals surface area contributed by atoms with Crippen LogP contribution in [-0.4, -0.2) is 0 Å². The summed E-state index contributed by atoms with van der Waals surface area (Å²) in [4.78, 5) is 2.33. The lowest BCUT2D eigenvalue weighted by Crippen LogP contribution is -2.26. The lowest BCUT2D eigenvalue weighted by Gasteiger charge is -2.31. The van der Waals surface area contributed by atoms with Gasteiger partial charge in [0.05, 0.1) is 11.1 Å². The first-order valence-electron chi connectivity index (χ1n) is 24.5. The molecule has 2 aliphatic carbocycles. The summed E-state index contributed by atoms with van der Waals surface area (Å²) in [5.74, 6) is 0. The maximum absolute atomic E-state index is 6.57. The van der Waals surface area contributed by atoms with Gasteiger partial charge in [-0.2, -0.15) is 0 Å². The molecule has 14 rings (SSSR count). The highest BCUT2D eigenvalue weighted by atomic mass is 16.3. The van der Waals surface area contributed by atoms with Gasteiger partial charge in [-0.3, -0.25) is 0 Å². The maximum Gasteiger partial charge on any atom is 0.143 e. The topological polar surface area (TPSA) is 16.4 Å². The highest BCUT2D eigenvalue weighted by molar-refractivity contribution is 6.15. The predicted molar refractivity (Wildman–Crippen MR) is 298 cm³/mol. The standard InChI is InChI=1S/C69H45NO/c1-2-18-49-43-52(32-31-46(49)16-1)51-21-15-20-50(42-51)47-33-37-56(38-34-47)70(66-30-12-8-23-57(66)53-36-40-67-62(45-53)61-39-35-48-17-3-5-24-58(48)68(61)71-67)41-14-13-22-55-44-54-19-4-9-27-63(54)69(55)64-28-10-6-25-59(64)60-26-7-11-29-65(60)69/h1-45H/b22-13-,41-14+. The van der Waals surface area contributed by atoms with E-state index in [1.165, 1.54) is 71.8 Å². The molecule has 71 heavy (non-hydrogen) atoms. The van der Waals surface area contributed by atoms with Crippen molar-refractivity contribution in [3.8, 4) is 44.5 Å². The lowest BCUT2D eigenvalue weighted by molar-refractivity contribution is 0.672. The Kier molecular flexibility index (Phi) is 9.47. The zero-order chi connectivity index (χ0) is 46.9. The average molecular weight is 904 g/mol. The largest absolute Gasteiger partial charge is 0.455 e. The zero-order valence-electron chi connectivity index (χ0n) is 38.8. The molecule has 0 saturated carbocycles. The molecule has 11 aromatic carbocycles. The summed E-state index contributed by atoms with van der Waals surface area (Å²) in [6.07, 6.45) is 11.3. The minimum atomic E-state index is -0.399. The van der Waals surface area contributed by atoms with E-state index in [0.29, 0.717) is 0 Å². The molecule has 0 unspecified atom stereocenters. The Balaban J connectivity index is 0.868. The molecule has 0 bridgehead atoms. The lowest BCUT2D eigenvalue weighted by atomic mass is 9.69. The molecular formula is C69H45NO. The van der Waals surface area contributed by atoms with Gasteiger partial charge in [-0.25, -0.2) is 0 Å². The molecule has 1 heterocycles. The van der Waals surface area contributed by atoms with Crippen LogP contribution in [0.15, 0.2) is 277 Å². The first-order valence-corrected chi connectivity index (χ1v) is 24.5. The number of benzene rings is 11. The van der Waals surface area contributed by atoms with Crippen LogP contribution in [0.3, 0.4) is 0 Å². The van der Waals surface area contributed by atoms with Crippen LogP contribution in [0.25, 0.3) is 94.1 Å². The Hall–Kier alpha value is -9.24. The number of rotatable bonds is 8. The van der Waals surface area contributed by atoms with Gasteiger partial charge in [0.1, 0.15) is 11.2 Å². The van der Waals surface area contributed by atoms with E-state index in [1.807, 2.05) is 0 Å². The summed E-state index contributed by atoms with van der Waals surface area (Å²) < 4.78 is 6.57. The van der Waals surface area contributed by atoms with Gasteiger partial charge in [0.2, 0.25) is 0 Å². The summed E-state index contributed by atoms with van der Waals surface area (Å²) in [5.41, 5.74) is 19.6. The van der Waals surface area contributed by atoms with Crippen molar-refractivity contribution in [2.75, 3.05) is 4.90 Å². The molecule has 12 aromatic rings. The van der Waals surface area contributed by atoms with Crippen molar-refractivity contribution in [2.24, 2.45) is 0 Å². The monoisotopic (exact) mass is 903 g/mol. The van der Waals surface area contributed by atoms with Gasteiger partial charge in [-0.05, 0) is 144 Å². The van der Waals surface area contributed by atoms with Crippen molar-refractivity contribution in [3.05, 3.63) is 295 Å². The Morgan fingerprint density at radius 3 is 1.82 bits per heavy atom. The van der Waals surface area contributed by atoms with Crippen LogP contribution in [0, 0.1) is 0 Å². The van der Waals surface area contributed by atoms with Gasteiger partial charge >= 0.3 is 0 Å². The summed E-state index contributed by atoms with van der Waals surface area (Å²) in [5, 5.41) is 7.02. The third-order valence-electron chi connectivity index (χ3n) is 14.9. The molecule has 1 spiro atoms. The molecular weight excluding hydrogens is 859 g/mol. The van der Waals surface area contributed by atoms with E-state index < -0.39 is 5.41 Å². The van der Waals surface area contributed by atoms with Gasteiger partial charge < -0.3 is 9.32 Å².